The first-order valence-corrected chi connectivity index (χ1v) is 14.8. The third-order valence-corrected chi connectivity index (χ3v) is 8.05. The number of nitrogens with zero attached hydrogens (tertiary/aromatic N) is 1. The molecule has 1 heterocycles. The number of hydrogen-bond acceptors (Lipinski definition) is 7. The first kappa shape index (κ1) is 30.6. The Hall–Kier alpha value is -4.35. The third kappa shape index (κ3) is 8.34. The molecule has 0 bridgehead atoms. The number of hydrogen-bond donors (Lipinski definition) is 5. The third-order valence-electron chi connectivity index (χ3n) is 7.04. The van der Waals surface area contributed by atoms with E-state index in [1.165, 1.54) is 28.8 Å². The van der Waals surface area contributed by atoms with E-state index in [0.717, 1.165) is 16.7 Å². The summed E-state index contributed by atoms with van der Waals surface area (Å²) in [6, 6.07) is 21.1. The molecular formula is C31H35N5O5S. The molecule has 3 aromatic carbocycles. The molecule has 1 fully saturated rings. The van der Waals surface area contributed by atoms with Gasteiger partial charge >= 0.3 is 0 Å². The number of amides is 4. The highest BCUT2D eigenvalue weighted by Crippen LogP contribution is 2.23. The van der Waals surface area contributed by atoms with Crippen LogP contribution in [0.15, 0.2) is 84.9 Å². The van der Waals surface area contributed by atoms with E-state index in [1.807, 2.05) is 60.7 Å². The molecule has 0 spiro atoms. The number of thioether (sulfide) groups is 1. The Morgan fingerprint density at radius 1 is 0.810 bits per heavy atom. The number of nitrogens with two attached hydrogens (primary N) is 2. The molecule has 1 unspecified atom stereocenters. The first-order chi connectivity index (χ1) is 20.2. The van der Waals surface area contributed by atoms with Gasteiger partial charge in [-0.3, -0.25) is 19.2 Å². The standard InChI is InChI=1S/C31H35N5O5S/c32-24(15-22-11-13-23(37)14-12-22)31(41)36-19-42-18-27(36)30(40)35-26(17-21-9-5-2-6-10-21)29(39)34-25(28(33)38)16-20-7-3-1-4-8-20/h1-14,24-27,37H,15-19,32H2,(H2,33,38)(H,34,39)(H,35,40)/t24-,25+,26+,27?/m0/s1. The highest BCUT2D eigenvalue weighted by molar-refractivity contribution is 7.99. The second kappa shape index (κ2) is 14.5. The van der Waals surface area contributed by atoms with Gasteiger partial charge in [0.15, 0.2) is 0 Å². The zero-order valence-electron chi connectivity index (χ0n) is 23.0. The first-order valence-electron chi connectivity index (χ1n) is 13.6. The summed E-state index contributed by atoms with van der Waals surface area (Å²) in [6.07, 6.45) is 0.612. The maximum atomic E-state index is 13.5. The molecule has 220 valence electrons. The summed E-state index contributed by atoms with van der Waals surface area (Å²) >= 11 is 1.42. The summed E-state index contributed by atoms with van der Waals surface area (Å²) in [7, 11) is 0. The van der Waals surface area contributed by atoms with Crippen LogP contribution in [0.25, 0.3) is 0 Å². The molecule has 10 nitrogen and oxygen atoms in total. The van der Waals surface area contributed by atoms with E-state index in [1.54, 1.807) is 12.1 Å². The fourth-order valence-electron chi connectivity index (χ4n) is 4.74. The Morgan fingerprint density at radius 3 is 1.93 bits per heavy atom. The highest BCUT2D eigenvalue weighted by Gasteiger charge is 2.38. The van der Waals surface area contributed by atoms with Crippen LogP contribution in [0.1, 0.15) is 16.7 Å². The second-order valence-electron chi connectivity index (χ2n) is 10.2. The molecule has 4 atom stereocenters. The van der Waals surface area contributed by atoms with Crippen LogP contribution >= 0.6 is 11.8 Å². The number of benzene rings is 3. The van der Waals surface area contributed by atoms with Gasteiger partial charge in [-0.05, 0) is 35.2 Å². The molecule has 1 saturated heterocycles. The average molecular weight is 590 g/mol. The topological polar surface area (TPSA) is 168 Å². The molecule has 11 heteroatoms. The predicted octanol–water partition coefficient (Wildman–Crippen LogP) is 1.10. The van der Waals surface area contributed by atoms with Gasteiger partial charge in [0.2, 0.25) is 23.6 Å². The number of nitrogens with one attached hydrogen (secondary N) is 2. The van der Waals surface area contributed by atoms with Gasteiger partial charge in [-0.15, -0.1) is 11.8 Å². The SMILES string of the molecule is NC(=O)[C@@H](Cc1ccccc1)NC(=O)[C@@H](Cc1ccccc1)NC(=O)C1CSCN1C(=O)[C@@H](N)Cc1ccc(O)cc1. The zero-order valence-corrected chi connectivity index (χ0v) is 23.8. The van der Waals surface area contributed by atoms with E-state index in [4.69, 9.17) is 11.5 Å². The predicted molar refractivity (Wildman–Crippen MR) is 161 cm³/mol. The second-order valence-corrected chi connectivity index (χ2v) is 11.2. The Balaban J connectivity index is 1.46. The number of carbonyl (C=O) groups is 4. The van der Waals surface area contributed by atoms with Gasteiger partial charge in [0, 0.05) is 18.6 Å². The molecule has 0 aliphatic carbocycles. The number of rotatable bonds is 12. The summed E-state index contributed by atoms with van der Waals surface area (Å²) in [6.45, 7) is 0. The van der Waals surface area contributed by atoms with Crippen LogP contribution in [0.5, 0.6) is 5.75 Å². The highest BCUT2D eigenvalue weighted by atomic mass is 32.2. The van der Waals surface area contributed by atoms with E-state index in [-0.39, 0.29) is 36.8 Å². The van der Waals surface area contributed by atoms with Crippen LogP contribution in [0.2, 0.25) is 0 Å². The van der Waals surface area contributed by atoms with Crippen LogP contribution in [-0.2, 0) is 38.4 Å². The normalized spacial score (nSPS) is 16.7. The number of phenols is 1. The smallest absolute Gasteiger partial charge is 0.244 e. The Kier molecular flexibility index (Phi) is 10.6. The number of primary amides is 1. The maximum Gasteiger partial charge on any atom is 0.244 e. The molecule has 7 N–H and O–H groups in total. The van der Waals surface area contributed by atoms with Gasteiger partial charge in [0.25, 0.3) is 0 Å². The molecule has 3 aromatic rings. The lowest BCUT2D eigenvalue weighted by atomic mass is 10.0. The van der Waals surface area contributed by atoms with Crippen molar-refractivity contribution in [3.8, 4) is 5.75 Å². The van der Waals surface area contributed by atoms with Crippen molar-refractivity contribution < 1.29 is 24.3 Å². The number of phenolic OH excluding ortho intramolecular Hbond substituents is 1. The molecule has 0 saturated carbocycles. The Morgan fingerprint density at radius 2 is 1.36 bits per heavy atom. The van der Waals surface area contributed by atoms with Crippen LogP contribution in [0.4, 0.5) is 0 Å². The largest absolute Gasteiger partial charge is 0.508 e. The molecule has 0 aromatic heterocycles. The van der Waals surface area contributed by atoms with Gasteiger partial charge < -0.3 is 32.1 Å². The van der Waals surface area contributed by atoms with Crippen LogP contribution in [0, 0.1) is 0 Å². The maximum absolute atomic E-state index is 13.5. The number of carbonyl (C=O) groups excluding carboxylic acids is 4. The minimum Gasteiger partial charge on any atom is -0.508 e. The molecule has 42 heavy (non-hydrogen) atoms. The lowest BCUT2D eigenvalue weighted by Crippen LogP contribution is -2.58. The lowest BCUT2D eigenvalue weighted by Gasteiger charge is -2.28. The van der Waals surface area contributed by atoms with Crippen molar-refractivity contribution in [1.82, 2.24) is 15.5 Å². The zero-order chi connectivity index (χ0) is 30.1. The van der Waals surface area contributed by atoms with Crippen molar-refractivity contribution in [1.29, 1.82) is 0 Å². The van der Waals surface area contributed by atoms with Crippen molar-refractivity contribution in [2.24, 2.45) is 11.5 Å². The molecule has 1 aliphatic heterocycles. The molecule has 4 amide bonds. The van der Waals surface area contributed by atoms with Gasteiger partial charge in [0.1, 0.15) is 23.9 Å². The van der Waals surface area contributed by atoms with Crippen LogP contribution < -0.4 is 22.1 Å². The molecular weight excluding hydrogens is 554 g/mol. The van der Waals surface area contributed by atoms with Crippen molar-refractivity contribution in [2.75, 3.05) is 11.6 Å². The fraction of sp³-hybridized carbons (Fsp3) is 0.290. The summed E-state index contributed by atoms with van der Waals surface area (Å²) in [4.78, 5) is 54.0. The van der Waals surface area contributed by atoms with E-state index < -0.39 is 41.9 Å². The summed E-state index contributed by atoms with van der Waals surface area (Å²) in [5, 5.41) is 15.0. The van der Waals surface area contributed by atoms with Crippen molar-refractivity contribution in [3.05, 3.63) is 102 Å². The van der Waals surface area contributed by atoms with Crippen molar-refractivity contribution >= 4 is 35.4 Å². The van der Waals surface area contributed by atoms with Gasteiger partial charge in [0.05, 0.1) is 11.9 Å². The van der Waals surface area contributed by atoms with Gasteiger partial charge in [-0.25, -0.2) is 0 Å². The minimum atomic E-state index is -1.02. The minimum absolute atomic E-state index is 0.114. The summed E-state index contributed by atoms with van der Waals surface area (Å²) in [5.74, 6) is -1.36. The quantitative estimate of drug-likeness (QED) is 0.211. The molecule has 0 radical (unpaired) electrons. The lowest BCUT2D eigenvalue weighted by molar-refractivity contribution is -0.140. The fourth-order valence-corrected chi connectivity index (χ4v) is 5.90. The monoisotopic (exact) mass is 589 g/mol. The van der Waals surface area contributed by atoms with Gasteiger partial charge in [-0.2, -0.15) is 0 Å². The molecule has 4 rings (SSSR count). The summed E-state index contributed by atoms with van der Waals surface area (Å²) in [5.41, 5.74) is 14.3. The van der Waals surface area contributed by atoms with Gasteiger partial charge in [-0.1, -0.05) is 72.8 Å². The summed E-state index contributed by atoms with van der Waals surface area (Å²) < 4.78 is 0. The van der Waals surface area contributed by atoms with Crippen molar-refractivity contribution in [2.45, 2.75) is 43.4 Å². The van der Waals surface area contributed by atoms with Crippen molar-refractivity contribution in [3.63, 3.8) is 0 Å². The van der Waals surface area contributed by atoms with Crippen LogP contribution in [0.3, 0.4) is 0 Å². The van der Waals surface area contributed by atoms with E-state index in [9.17, 15) is 24.3 Å². The van der Waals surface area contributed by atoms with E-state index in [0.29, 0.717) is 5.75 Å². The van der Waals surface area contributed by atoms with E-state index in [2.05, 4.69) is 10.6 Å². The average Bonchev–Trinajstić information content (AvgIpc) is 3.48. The molecule has 1 aliphatic rings. The Bertz CT molecular complexity index is 1370. The van der Waals surface area contributed by atoms with E-state index >= 15 is 0 Å². The van der Waals surface area contributed by atoms with Crippen LogP contribution in [-0.4, -0.2) is 69.4 Å². The Labute approximate surface area is 248 Å². The number of aromatic hydroxyl groups is 1.